The number of rotatable bonds is 5. The standard InChI is InChI=1S/C21H20FN3O/c1-3-15-7-4-6-14(2)20(15)24-19-10-16(12-23-13-19)21(26)25-18-9-5-8-17(22)11-18/h4-13,24H,3H2,1-2H3,(H,25,26). The number of pyridine rings is 1. The number of hydrogen-bond donors (Lipinski definition) is 2. The van der Waals surface area contributed by atoms with Crippen molar-refractivity contribution >= 4 is 23.0 Å². The fourth-order valence-electron chi connectivity index (χ4n) is 2.75. The van der Waals surface area contributed by atoms with Gasteiger partial charge in [-0.05, 0) is 48.7 Å². The molecule has 0 saturated carbocycles. The molecule has 1 aromatic heterocycles. The van der Waals surface area contributed by atoms with Crippen LogP contribution >= 0.6 is 0 Å². The molecule has 4 nitrogen and oxygen atoms in total. The first-order valence-corrected chi connectivity index (χ1v) is 8.44. The molecule has 3 aromatic rings. The van der Waals surface area contributed by atoms with E-state index >= 15 is 0 Å². The first kappa shape index (κ1) is 17.6. The number of anilines is 3. The molecule has 5 heteroatoms. The van der Waals surface area contributed by atoms with Gasteiger partial charge < -0.3 is 10.6 Å². The lowest BCUT2D eigenvalue weighted by atomic mass is 10.1. The molecule has 0 bridgehead atoms. The fraction of sp³-hybridized carbons (Fsp3) is 0.143. The number of carbonyl (C=O) groups is 1. The van der Waals surface area contributed by atoms with Crippen LogP contribution in [0.1, 0.15) is 28.4 Å². The summed E-state index contributed by atoms with van der Waals surface area (Å²) in [4.78, 5) is 16.6. The highest BCUT2D eigenvalue weighted by Gasteiger charge is 2.10. The Bertz CT molecular complexity index is 940. The normalized spacial score (nSPS) is 10.4. The Labute approximate surface area is 152 Å². The van der Waals surface area contributed by atoms with Crippen LogP contribution in [0.5, 0.6) is 0 Å². The topological polar surface area (TPSA) is 54.0 Å². The minimum atomic E-state index is -0.400. The van der Waals surface area contributed by atoms with Gasteiger partial charge >= 0.3 is 0 Å². The predicted octanol–water partition coefficient (Wildman–Crippen LogP) is 5.09. The van der Waals surface area contributed by atoms with Gasteiger partial charge in [-0.3, -0.25) is 9.78 Å². The number of aryl methyl sites for hydroxylation is 2. The van der Waals surface area contributed by atoms with E-state index in [1.165, 1.54) is 23.9 Å². The van der Waals surface area contributed by atoms with E-state index in [1.54, 1.807) is 24.4 Å². The number of amides is 1. The third kappa shape index (κ3) is 4.06. The zero-order chi connectivity index (χ0) is 18.5. The first-order chi connectivity index (χ1) is 12.6. The van der Waals surface area contributed by atoms with Crippen molar-refractivity contribution in [1.29, 1.82) is 0 Å². The molecule has 0 aliphatic carbocycles. The Morgan fingerprint density at radius 3 is 2.65 bits per heavy atom. The second-order valence-corrected chi connectivity index (χ2v) is 6.01. The first-order valence-electron chi connectivity index (χ1n) is 8.44. The number of halogens is 1. The molecular weight excluding hydrogens is 329 g/mol. The van der Waals surface area contributed by atoms with Crippen molar-refractivity contribution in [1.82, 2.24) is 4.98 Å². The smallest absolute Gasteiger partial charge is 0.257 e. The highest BCUT2D eigenvalue weighted by atomic mass is 19.1. The van der Waals surface area contributed by atoms with Gasteiger partial charge in [-0.25, -0.2) is 4.39 Å². The summed E-state index contributed by atoms with van der Waals surface area (Å²) in [5.41, 5.74) is 4.87. The van der Waals surface area contributed by atoms with Crippen molar-refractivity contribution in [3.63, 3.8) is 0 Å². The molecule has 0 saturated heterocycles. The van der Waals surface area contributed by atoms with E-state index in [-0.39, 0.29) is 5.91 Å². The quantitative estimate of drug-likeness (QED) is 0.675. The van der Waals surface area contributed by atoms with E-state index in [0.29, 0.717) is 11.3 Å². The van der Waals surface area contributed by atoms with Crippen molar-refractivity contribution in [2.24, 2.45) is 0 Å². The molecule has 0 fully saturated rings. The monoisotopic (exact) mass is 349 g/mol. The van der Waals surface area contributed by atoms with Gasteiger partial charge in [0, 0.05) is 17.6 Å². The SMILES string of the molecule is CCc1cccc(C)c1Nc1cncc(C(=O)Nc2cccc(F)c2)c1. The van der Waals surface area contributed by atoms with Gasteiger partial charge in [0.15, 0.2) is 0 Å². The van der Waals surface area contributed by atoms with Crippen LogP contribution in [0.25, 0.3) is 0 Å². The number of carbonyl (C=O) groups excluding carboxylic acids is 1. The summed E-state index contributed by atoms with van der Waals surface area (Å²) in [5.74, 6) is -0.741. The zero-order valence-electron chi connectivity index (χ0n) is 14.7. The molecule has 26 heavy (non-hydrogen) atoms. The molecule has 1 heterocycles. The van der Waals surface area contributed by atoms with Crippen molar-refractivity contribution in [2.75, 3.05) is 10.6 Å². The summed E-state index contributed by atoms with van der Waals surface area (Å²) >= 11 is 0. The lowest BCUT2D eigenvalue weighted by Crippen LogP contribution is -2.12. The molecule has 0 aliphatic heterocycles. The minimum Gasteiger partial charge on any atom is -0.354 e. The number of aromatic nitrogens is 1. The third-order valence-electron chi connectivity index (χ3n) is 4.09. The van der Waals surface area contributed by atoms with Crippen LogP contribution in [0.2, 0.25) is 0 Å². The summed E-state index contributed by atoms with van der Waals surface area (Å²) in [6, 6.07) is 13.7. The van der Waals surface area contributed by atoms with Crippen molar-refractivity contribution in [3.05, 3.63) is 83.4 Å². The molecule has 0 spiro atoms. The van der Waals surface area contributed by atoms with E-state index in [2.05, 4.69) is 28.6 Å². The van der Waals surface area contributed by atoms with Gasteiger partial charge in [-0.15, -0.1) is 0 Å². The highest BCUT2D eigenvalue weighted by molar-refractivity contribution is 6.04. The maximum atomic E-state index is 13.3. The fourth-order valence-corrected chi connectivity index (χ4v) is 2.75. The van der Waals surface area contributed by atoms with Crippen molar-refractivity contribution < 1.29 is 9.18 Å². The molecule has 132 valence electrons. The molecule has 1 amide bonds. The maximum Gasteiger partial charge on any atom is 0.257 e. The molecular formula is C21H20FN3O. The molecule has 0 atom stereocenters. The summed E-state index contributed by atoms with van der Waals surface area (Å²) in [5, 5.41) is 6.03. The van der Waals surface area contributed by atoms with Gasteiger partial charge in [-0.2, -0.15) is 0 Å². The Hall–Kier alpha value is -3.21. The maximum absolute atomic E-state index is 13.3. The Morgan fingerprint density at radius 2 is 1.88 bits per heavy atom. The van der Waals surface area contributed by atoms with E-state index < -0.39 is 5.82 Å². The van der Waals surface area contributed by atoms with Crippen molar-refractivity contribution in [3.8, 4) is 0 Å². The van der Waals surface area contributed by atoms with Crippen LogP contribution in [-0.2, 0) is 6.42 Å². The second kappa shape index (κ2) is 7.78. The van der Waals surface area contributed by atoms with Gasteiger partial charge in [0.25, 0.3) is 5.91 Å². The predicted molar refractivity (Wildman–Crippen MR) is 102 cm³/mol. The van der Waals surface area contributed by atoms with E-state index in [1.807, 2.05) is 19.1 Å². The average molecular weight is 349 g/mol. The van der Waals surface area contributed by atoms with Crippen molar-refractivity contribution in [2.45, 2.75) is 20.3 Å². The minimum absolute atomic E-state index is 0.341. The second-order valence-electron chi connectivity index (χ2n) is 6.01. The van der Waals surface area contributed by atoms with E-state index in [4.69, 9.17) is 0 Å². The molecule has 0 aliphatic rings. The van der Waals surface area contributed by atoms with Gasteiger partial charge in [-0.1, -0.05) is 31.2 Å². The Morgan fingerprint density at radius 1 is 1.08 bits per heavy atom. The van der Waals surface area contributed by atoms with Gasteiger partial charge in [0.2, 0.25) is 0 Å². The van der Waals surface area contributed by atoms with Crippen LogP contribution in [0.3, 0.4) is 0 Å². The summed E-state index contributed by atoms with van der Waals surface area (Å²) < 4.78 is 13.3. The van der Waals surface area contributed by atoms with E-state index in [0.717, 1.165) is 23.4 Å². The van der Waals surface area contributed by atoms with Gasteiger partial charge in [0.05, 0.1) is 17.4 Å². The van der Waals surface area contributed by atoms with Crippen LogP contribution in [0.15, 0.2) is 60.9 Å². The number of para-hydroxylation sites is 1. The van der Waals surface area contributed by atoms with Crippen LogP contribution in [-0.4, -0.2) is 10.9 Å². The largest absolute Gasteiger partial charge is 0.354 e. The Balaban J connectivity index is 1.81. The lowest BCUT2D eigenvalue weighted by Gasteiger charge is -2.14. The molecule has 0 radical (unpaired) electrons. The molecule has 2 aromatic carbocycles. The van der Waals surface area contributed by atoms with Gasteiger partial charge in [0.1, 0.15) is 5.82 Å². The summed E-state index contributed by atoms with van der Waals surface area (Å²) in [6.45, 7) is 4.14. The van der Waals surface area contributed by atoms with Crippen LogP contribution < -0.4 is 10.6 Å². The molecule has 2 N–H and O–H groups in total. The molecule has 0 unspecified atom stereocenters. The number of benzene rings is 2. The van der Waals surface area contributed by atoms with Crippen LogP contribution in [0, 0.1) is 12.7 Å². The number of nitrogens with zero attached hydrogens (tertiary/aromatic N) is 1. The average Bonchev–Trinajstić information content (AvgIpc) is 2.63. The zero-order valence-corrected chi connectivity index (χ0v) is 14.7. The number of nitrogens with one attached hydrogen (secondary N) is 2. The highest BCUT2D eigenvalue weighted by Crippen LogP contribution is 2.25. The Kier molecular flexibility index (Phi) is 5.27. The summed E-state index contributed by atoms with van der Waals surface area (Å²) in [6.07, 6.45) is 4.06. The third-order valence-corrected chi connectivity index (χ3v) is 4.09. The molecule has 3 rings (SSSR count). The lowest BCUT2D eigenvalue weighted by molar-refractivity contribution is 0.102. The van der Waals surface area contributed by atoms with Crippen LogP contribution in [0.4, 0.5) is 21.5 Å². The number of hydrogen-bond acceptors (Lipinski definition) is 3. The summed E-state index contributed by atoms with van der Waals surface area (Å²) in [7, 11) is 0. The van der Waals surface area contributed by atoms with E-state index in [9.17, 15) is 9.18 Å².